The van der Waals surface area contributed by atoms with Crippen LogP contribution >= 0.6 is 27.5 Å². The van der Waals surface area contributed by atoms with Crippen LogP contribution in [-0.2, 0) is 13.0 Å². The highest BCUT2D eigenvalue weighted by Crippen LogP contribution is 2.19. The molecule has 0 N–H and O–H groups in total. The summed E-state index contributed by atoms with van der Waals surface area (Å²) >= 11 is 9.68. The van der Waals surface area contributed by atoms with Crippen molar-refractivity contribution in [3.05, 3.63) is 16.9 Å². The van der Waals surface area contributed by atoms with E-state index in [2.05, 4.69) is 46.9 Å². The van der Waals surface area contributed by atoms with Gasteiger partial charge in [0, 0.05) is 11.4 Å². The number of likely N-dealkylation sites (N-methyl/N-ethyl adjacent to an activating group) is 1. The van der Waals surface area contributed by atoms with E-state index in [0.717, 1.165) is 36.6 Å². The van der Waals surface area contributed by atoms with Gasteiger partial charge >= 0.3 is 0 Å². The van der Waals surface area contributed by atoms with Crippen LogP contribution in [0.3, 0.4) is 0 Å². The van der Waals surface area contributed by atoms with E-state index in [4.69, 9.17) is 11.6 Å². The minimum atomic E-state index is 0.515. The third kappa shape index (κ3) is 4.44. The summed E-state index contributed by atoms with van der Waals surface area (Å²) in [6, 6.07) is 0. The molecule has 0 saturated heterocycles. The smallest absolute Gasteiger partial charge is 0.0817 e. The van der Waals surface area contributed by atoms with Crippen LogP contribution in [0, 0.1) is 0 Å². The summed E-state index contributed by atoms with van der Waals surface area (Å²) in [5.41, 5.74) is 1.15. The molecular weight excluding hydrogens is 289 g/mol. The van der Waals surface area contributed by atoms with Gasteiger partial charge in [-0.2, -0.15) is 5.10 Å². The zero-order chi connectivity index (χ0) is 12.1. The van der Waals surface area contributed by atoms with Gasteiger partial charge in [-0.3, -0.25) is 4.68 Å². The second kappa shape index (κ2) is 6.62. The minimum absolute atomic E-state index is 0.515. The van der Waals surface area contributed by atoms with E-state index in [1.165, 1.54) is 0 Å². The zero-order valence-corrected chi connectivity index (χ0v) is 12.4. The van der Waals surface area contributed by atoms with Crippen LogP contribution in [0.2, 0.25) is 5.02 Å². The van der Waals surface area contributed by atoms with Gasteiger partial charge in [0.1, 0.15) is 0 Å². The number of hydrogen-bond donors (Lipinski definition) is 0. The zero-order valence-electron chi connectivity index (χ0n) is 10.1. The largest absolute Gasteiger partial charge is 0.308 e. The van der Waals surface area contributed by atoms with Gasteiger partial charge in [-0.25, -0.2) is 0 Å². The number of halogens is 2. The van der Waals surface area contributed by atoms with E-state index < -0.39 is 0 Å². The quantitative estimate of drug-likeness (QED) is 0.754. The van der Waals surface area contributed by atoms with E-state index in [-0.39, 0.29) is 0 Å². The van der Waals surface area contributed by atoms with Gasteiger partial charge in [-0.05, 0) is 26.9 Å². The van der Waals surface area contributed by atoms with Crippen molar-refractivity contribution >= 4 is 27.5 Å². The van der Waals surface area contributed by atoms with Crippen LogP contribution in [0.4, 0.5) is 0 Å². The summed E-state index contributed by atoms with van der Waals surface area (Å²) in [5.74, 6) is 0. The summed E-state index contributed by atoms with van der Waals surface area (Å²) in [7, 11) is 4.12. The number of nitrogens with zero attached hydrogens (tertiary/aromatic N) is 3. The van der Waals surface area contributed by atoms with E-state index in [9.17, 15) is 0 Å². The van der Waals surface area contributed by atoms with Crippen LogP contribution in [0.5, 0.6) is 0 Å². The topological polar surface area (TPSA) is 21.1 Å². The molecule has 16 heavy (non-hydrogen) atoms. The van der Waals surface area contributed by atoms with Gasteiger partial charge in [0.2, 0.25) is 0 Å². The second-order valence-corrected chi connectivity index (χ2v) is 6.26. The summed E-state index contributed by atoms with van der Waals surface area (Å²) in [5, 5.41) is 5.09. The molecule has 0 aliphatic rings. The first-order valence-corrected chi connectivity index (χ1v) is 6.79. The Bertz CT molecular complexity index is 323. The van der Waals surface area contributed by atoms with E-state index >= 15 is 0 Å². The summed E-state index contributed by atoms with van der Waals surface area (Å²) < 4.78 is 2.01. The molecule has 3 nitrogen and oxygen atoms in total. The Labute approximate surface area is 111 Å². The highest BCUT2D eigenvalue weighted by atomic mass is 79.9. The van der Waals surface area contributed by atoms with Crippen LogP contribution in [0.15, 0.2) is 6.20 Å². The van der Waals surface area contributed by atoms with Crippen molar-refractivity contribution in [1.29, 1.82) is 0 Å². The summed E-state index contributed by atoms with van der Waals surface area (Å²) in [4.78, 5) is 2.66. The first kappa shape index (κ1) is 14.0. The monoisotopic (exact) mass is 307 g/mol. The number of rotatable bonds is 6. The van der Waals surface area contributed by atoms with Crippen LogP contribution in [-0.4, -0.2) is 40.1 Å². The van der Waals surface area contributed by atoms with Crippen molar-refractivity contribution in [2.75, 3.05) is 20.6 Å². The van der Waals surface area contributed by atoms with Gasteiger partial charge in [0.15, 0.2) is 0 Å². The molecule has 0 aliphatic carbocycles. The summed E-state index contributed by atoms with van der Waals surface area (Å²) in [6.45, 7) is 4.02. The fraction of sp³-hybridized carbons (Fsp3) is 0.727. The lowest BCUT2D eigenvalue weighted by Crippen LogP contribution is -2.20. The molecule has 1 heterocycles. The molecule has 0 aliphatic heterocycles. The Hall–Kier alpha value is -0.0600. The van der Waals surface area contributed by atoms with Gasteiger partial charge in [0.05, 0.1) is 23.5 Å². The molecule has 0 bridgehead atoms. The molecule has 0 saturated carbocycles. The second-order valence-electron chi connectivity index (χ2n) is 4.29. The van der Waals surface area contributed by atoms with Crippen molar-refractivity contribution in [2.45, 2.75) is 31.1 Å². The normalized spacial score (nSPS) is 13.4. The average Bonchev–Trinajstić information content (AvgIpc) is 2.53. The third-order valence-electron chi connectivity index (χ3n) is 2.44. The predicted octanol–water partition coefficient (Wildman–Crippen LogP) is 2.81. The predicted molar refractivity (Wildman–Crippen MR) is 72.5 cm³/mol. The fourth-order valence-corrected chi connectivity index (χ4v) is 1.92. The standard InChI is InChI=1S/C11H19BrClN3/c1-9(12)4-5-11-10(13)8-14-16(11)7-6-15(2)3/h8-9H,4-7H2,1-3H3. The Balaban J connectivity index is 2.62. The third-order valence-corrected chi connectivity index (χ3v) is 3.21. The lowest BCUT2D eigenvalue weighted by molar-refractivity contribution is 0.369. The van der Waals surface area contributed by atoms with Crippen molar-refractivity contribution in [1.82, 2.24) is 14.7 Å². The minimum Gasteiger partial charge on any atom is -0.308 e. The van der Waals surface area contributed by atoms with Crippen LogP contribution in [0.1, 0.15) is 19.0 Å². The first-order valence-electron chi connectivity index (χ1n) is 5.49. The maximum atomic E-state index is 6.13. The highest BCUT2D eigenvalue weighted by molar-refractivity contribution is 9.09. The first-order chi connectivity index (χ1) is 7.50. The van der Waals surface area contributed by atoms with E-state index in [1.54, 1.807) is 6.20 Å². The van der Waals surface area contributed by atoms with E-state index in [0.29, 0.717) is 4.83 Å². The molecule has 0 fully saturated rings. The number of hydrogen-bond acceptors (Lipinski definition) is 2. The van der Waals surface area contributed by atoms with Gasteiger partial charge in [-0.1, -0.05) is 34.5 Å². The molecule has 0 amide bonds. The molecule has 1 rings (SSSR count). The highest BCUT2D eigenvalue weighted by Gasteiger charge is 2.10. The maximum Gasteiger partial charge on any atom is 0.0817 e. The molecule has 92 valence electrons. The molecule has 0 aromatic carbocycles. The molecule has 1 atom stereocenters. The molecule has 0 radical (unpaired) electrons. The number of aromatic nitrogens is 2. The van der Waals surface area contributed by atoms with Crippen LogP contribution in [0.25, 0.3) is 0 Å². The van der Waals surface area contributed by atoms with Gasteiger partial charge in [-0.15, -0.1) is 0 Å². The van der Waals surface area contributed by atoms with E-state index in [1.807, 2.05) is 4.68 Å². The van der Waals surface area contributed by atoms with Crippen molar-refractivity contribution in [3.63, 3.8) is 0 Å². The Kier molecular flexibility index (Phi) is 5.79. The molecule has 5 heteroatoms. The number of alkyl halides is 1. The Morgan fingerprint density at radius 1 is 1.56 bits per heavy atom. The van der Waals surface area contributed by atoms with Crippen molar-refractivity contribution in [3.8, 4) is 0 Å². The fourth-order valence-electron chi connectivity index (χ4n) is 1.46. The lowest BCUT2D eigenvalue weighted by atomic mass is 10.2. The molecule has 1 unspecified atom stereocenters. The Morgan fingerprint density at radius 2 is 2.25 bits per heavy atom. The van der Waals surface area contributed by atoms with Crippen LogP contribution < -0.4 is 0 Å². The SMILES string of the molecule is CC(Br)CCc1c(Cl)cnn1CCN(C)C. The molecular formula is C11H19BrClN3. The maximum absolute atomic E-state index is 6.13. The average molecular weight is 309 g/mol. The molecule has 1 aromatic heterocycles. The van der Waals surface area contributed by atoms with Gasteiger partial charge in [0.25, 0.3) is 0 Å². The Morgan fingerprint density at radius 3 is 2.81 bits per heavy atom. The van der Waals surface area contributed by atoms with Crippen molar-refractivity contribution < 1.29 is 0 Å². The summed E-state index contributed by atoms with van der Waals surface area (Å²) in [6.07, 6.45) is 3.79. The molecule has 1 aromatic rings. The van der Waals surface area contributed by atoms with Crippen molar-refractivity contribution in [2.24, 2.45) is 0 Å². The van der Waals surface area contributed by atoms with Gasteiger partial charge < -0.3 is 4.90 Å². The molecule has 0 spiro atoms. The lowest BCUT2D eigenvalue weighted by Gasteiger charge is -2.12.